The van der Waals surface area contributed by atoms with Crippen molar-refractivity contribution in [3.8, 4) is 0 Å². The van der Waals surface area contributed by atoms with E-state index >= 15 is 0 Å². The van der Waals surface area contributed by atoms with Crippen LogP contribution in [0.2, 0.25) is 5.15 Å². The first-order chi connectivity index (χ1) is 6.19. The summed E-state index contributed by atoms with van der Waals surface area (Å²) in [7, 11) is 0. The van der Waals surface area contributed by atoms with Gasteiger partial charge in [-0.2, -0.15) is 9.97 Å². The molecule has 0 amide bonds. The van der Waals surface area contributed by atoms with Crippen molar-refractivity contribution < 1.29 is 0 Å². The molecule has 0 unspecified atom stereocenters. The van der Waals surface area contributed by atoms with Gasteiger partial charge in [-0.05, 0) is 12.1 Å². The van der Waals surface area contributed by atoms with E-state index in [2.05, 4.69) is 20.5 Å². The topological polar surface area (TPSA) is 93.3 Å². The fourth-order valence-corrected chi connectivity index (χ4v) is 0.973. The summed E-state index contributed by atoms with van der Waals surface area (Å²) in [6.07, 6.45) is 0. The molecule has 3 N–H and O–H groups in total. The zero-order chi connectivity index (χ0) is 9.84. The molecule has 0 aliphatic carbocycles. The lowest BCUT2D eigenvalue weighted by atomic mass is 10.4. The molecule has 0 fully saturated rings. The van der Waals surface area contributed by atoms with Crippen molar-refractivity contribution in [2.75, 3.05) is 11.1 Å². The largest absolute Gasteiger partial charge is 0.368 e. The Labute approximate surface area is 79.5 Å². The van der Waals surface area contributed by atoms with Crippen LogP contribution in [-0.2, 0) is 0 Å². The Morgan fingerprint density at radius 3 is 2.85 bits per heavy atom. The Kier molecular flexibility index (Phi) is 2.97. The van der Waals surface area contributed by atoms with Crippen LogP contribution in [0.1, 0.15) is 6.92 Å². The predicted molar refractivity (Wildman–Crippen MR) is 50.5 cm³/mol. The van der Waals surface area contributed by atoms with Gasteiger partial charge in [0.15, 0.2) is 16.7 Å². The van der Waals surface area contributed by atoms with Crippen molar-refractivity contribution in [3.63, 3.8) is 0 Å². The maximum absolute atomic E-state index is 10.3. The summed E-state index contributed by atoms with van der Waals surface area (Å²) < 4.78 is 0. The van der Waals surface area contributed by atoms with E-state index in [0.29, 0.717) is 0 Å². The predicted octanol–water partition coefficient (Wildman–Crippen LogP) is 1.70. The average molecular weight is 201 g/mol. The molecule has 1 heterocycles. The number of aromatic nitrogens is 2. The van der Waals surface area contributed by atoms with Gasteiger partial charge in [-0.15, -0.1) is 4.91 Å². The van der Waals surface area contributed by atoms with Crippen molar-refractivity contribution in [2.24, 2.45) is 5.18 Å². The first-order valence-electron chi connectivity index (χ1n) is 3.39. The van der Waals surface area contributed by atoms with Crippen LogP contribution in [0.25, 0.3) is 0 Å². The Bertz CT molecular complexity index is 329. The van der Waals surface area contributed by atoms with Gasteiger partial charge >= 0.3 is 0 Å². The highest BCUT2D eigenvalue weighted by atomic mass is 35.5. The first-order valence-corrected chi connectivity index (χ1v) is 3.77. The van der Waals surface area contributed by atoms with E-state index in [1.807, 2.05) is 0 Å². The zero-order valence-corrected chi connectivity index (χ0v) is 7.54. The Balaban J connectivity index is 3.20. The quantitative estimate of drug-likeness (QED) is 0.572. The molecule has 0 aliphatic rings. The molecule has 1 radical (unpaired) electrons. The van der Waals surface area contributed by atoms with Gasteiger partial charge in [0, 0.05) is 6.54 Å². The van der Waals surface area contributed by atoms with Crippen LogP contribution in [0.15, 0.2) is 5.18 Å². The second kappa shape index (κ2) is 3.99. The number of nitrogens with one attached hydrogen (secondary N) is 1. The lowest BCUT2D eigenvalue weighted by Crippen LogP contribution is -2.01. The van der Waals surface area contributed by atoms with Crippen molar-refractivity contribution in [1.29, 1.82) is 0 Å². The van der Waals surface area contributed by atoms with Crippen molar-refractivity contribution in [2.45, 2.75) is 6.92 Å². The van der Waals surface area contributed by atoms with Gasteiger partial charge in [-0.1, -0.05) is 11.6 Å². The smallest absolute Gasteiger partial charge is 0.223 e. The fraction of sp³-hybridized carbons (Fsp3) is 0.167. The van der Waals surface area contributed by atoms with E-state index < -0.39 is 0 Å². The summed E-state index contributed by atoms with van der Waals surface area (Å²) in [5.41, 5.74) is 5.26. The number of anilines is 2. The van der Waals surface area contributed by atoms with Crippen molar-refractivity contribution in [3.05, 3.63) is 16.6 Å². The second-order valence-electron chi connectivity index (χ2n) is 2.09. The molecule has 0 atom stereocenters. The molecule has 7 heteroatoms. The molecular weight excluding hydrogens is 194 g/mol. The molecule has 0 aromatic carbocycles. The van der Waals surface area contributed by atoms with E-state index in [4.69, 9.17) is 17.3 Å². The van der Waals surface area contributed by atoms with Crippen LogP contribution in [-0.4, -0.2) is 9.97 Å². The summed E-state index contributed by atoms with van der Waals surface area (Å²) in [6.45, 7) is 3.30. The number of halogens is 1. The number of rotatable bonds is 3. The Morgan fingerprint density at radius 2 is 2.31 bits per heavy atom. The van der Waals surface area contributed by atoms with Gasteiger partial charge in [-0.3, -0.25) is 0 Å². The molecule has 0 spiro atoms. The van der Waals surface area contributed by atoms with E-state index in [-0.39, 0.29) is 22.6 Å². The molecule has 0 bridgehead atoms. The number of nitroso groups, excluding NO2 is 1. The van der Waals surface area contributed by atoms with E-state index in [0.717, 1.165) is 0 Å². The number of nitrogen functional groups attached to an aromatic ring is 1. The summed E-state index contributed by atoms with van der Waals surface area (Å²) in [4.78, 5) is 17.6. The van der Waals surface area contributed by atoms with Crippen molar-refractivity contribution >= 4 is 29.1 Å². The Morgan fingerprint density at radius 1 is 1.62 bits per heavy atom. The van der Waals surface area contributed by atoms with Gasteiger partial charge in [0.25, 0.3) is 0 Å². The highest BCUT2D eigenvalue weighted by Gasteiger charge is 2.11. The molecular formula is C6H7ClN5O. The Hall–Kier alpha value is -1.43. The van der Waals surface area contributed by atoms with E-state index in [1.54, 1.807) is 13.5 Å². The minimum atomic E-state index is -0.0631. The molecule has 0 saturated heterocycles. The third kappa shape index (κ3) is 2.03. The van der Waals surface area contributed by atoms with Crippen LogP contribution in [0.5, 0.6) is 0 Å². The third-order valence-electron chi connectivity index (χ3n) is 1.23. The average Bonchev–Trinajstić information content (AvgIpc) is 2.04. The highest BCUT2D eigenvalue weighted by Crippen LogP contribution is 2.30. The second-order valence-corrected chi connectivity index (χ2v) is 2.45. The van der Waals surface area contributed by atoms with Crippen LogP contribution in [0.3, 0.4) is 0 Å². The number of nitrogens with two attached hydrogens (primary N) is 1. The van der Waals surface area contributed by atoms with Gasteiger partial charge in [0.2, 0.25) is 5.95 Å². The molecule has 1 aromatic rings. The zero-order valence-electron chi connectivity index (χ0n) is 6.78. The SMILES string of the molecule is C[CH]Nc1nc(N)nc(Cl)c1N=O. The van der Waals surface area contributed by atoms with Crippen LogP contribution >= 0.6 is 11.6 Å². The van der Waals surface area contributed by atoms with E-state index in [1.165, 1.54) is 0 Å². The maximum Gasteiger partial charge on any atom is 0.223 e. The van der Waals surface area contributed by atoms with Crippen LogP contribution in [0.4, 0.5) is 17.5 Å². The highest BCUT2D eigenvalue weighted by molar-refractivity contribution is 6.32. The maximum atomic E-state index is 10.3. The fourth-order valence-electron chi connectivity index (χ4n) is 0.762. The van der Waals surface area contributed by atoms with Crippen molar-refractivity contribution in [1.82, 2.24) is 9.97 Å². The lowest BCUT2D eigenvalue weighted by molar-refractivity contribution is 1.16. The minimum Gasteiger partial charge on any atom is -0.368 e. The standard InChI is InChI=1S/C6H7ClN5O/c1-2-9-5-3(12-13)4(7)10-6(8)11-5/h2H,1H3,(H3,8,9,10,11). The summed E-state index contributed by atoms with van der Waals surface area (Å²) in [5.74, 6) is 0.191. The number of nitrogens with zero attached hydrogens (tertiary/aromatic N) is 3. The monoisotopic (exact) mass is 200 g/mol. The summed E-state index contributed by atoms with van der Waals surface area (Å²) >= 11 is 5.59. The molecule has 69 valence electrons. The molecule has 1 rings (SSSR count). The van der Waals surface area contributed by atoms with Gasteiger partial charge in [0.1, 0.15) is 0 Å². The minimum absolute atomic E-state index is 0.0123. The molecule has 0 saturated carbocycles. The summed E-state index contributed by atoms with van der Waals surface area (Å²) in [5, 5.41) is 5.30. The van der Waals surface area contributed by atoms with E-state index in [9.17, 15) is 4.91 Å². The molecule has 0 aliphatic heterocycles. The molecule has 1 aromatic heterocycles. The number of hydrogen-bond acceptors (Lipinski definition) is 6. The van der Waals surface area contributed by atoms with Gasteiger partial charge in [0.05, 0.1) is 0 Å². The number of hydrogen-bond donors (Lipinski definition) is 2. The summed E-state index contributed by atoms with van der Waals surface area (Å²) in [6, 6.07) is 0. The molecule has 13 heavy (non-hydrogen) atoms. The van der Waals surface area contributed by atoms with Crippen LogP contribution in [0, 0.1) is 11.5 Å². The first kappa shape index (κ1) is 9.66. The normalized spacial score (nSPS) is 9.69. The van der Waals surface area contributed by atoms with Gasteiger partial charge < -0.3 is 11.1 Å². The molecule has 6 nitrogen and oxygen atoms in total. The van der Waals surface area contributed by atoms with Crippen LogP contribution < -0.4 is 11.1 Å². The van der Waals surface area contributed by atoms with Gasteiger partial charge in [-0.25, -0.2) is 0 Å². The third-order valence-corrected chi connectivity index (χ3v) is 1.49. The lowest BCUT2D eigenvalue weighted by Gasteiger charge is -2.04.